The Morgan fingerprint density at radius 2 is 2.14 bits per heavy atom. The Kier molecular flexibility index (Phi) is 3.59. The van der Waals surface area contributed by atoms with Crippen molar-refractivity contribution in [2.75, 3.05) is 18.1 Å². The van der Waals surface area contributed by atoms with Crippen LogP contribution in [0.15, 0.2) is 12.8 Å². The third-order valence-electron chi connectivity index (χ3n) is 2.89. The minimum absolute atomic E-state index is 0.0450. The average Bonchev–Trinajstić information content (AvgIpc) is 2.09. The molecule has 1 aliphatic heterocycles. The summed E-state index contributed by atoms with van der Waals surface area (Å²) >= 11 is 0. The topological polar surface area (TPSA) is 43.4 Å². The van der Waals surface area contributed by atoms with Crippen LogP contribution in [0.1, 0.15) is 26.2 Å². The fourth-order valence-corrected chi connectivity index (χ4v) is 4.51. The molecular formula is C10H18O3S. The van der Waals surface area contributed by atoms with Gasteiger partial charge in [-0.2, -0.15) is 0 Å². The third-order valence-corrected chi connectivity index (χ3v) is 4.99. The Hall–Kier alpha value is -0.510. The van der Waals surface area contributed by atoms with Gasteiger partial charge in [0.25, 0.3) is 0 Å². The van der Waals surface area contributed by atoms with Crippen molar-refractivity contribution in [2.45, 2.75) is 26.2 Å². The van der Waals surface area contributed by atoms with E-state index >= 15 is 0 Å². The SMILES string of the molecule is C=COCCCC1(CC)CS(=O)(=O)C1. The van der Waals surface area contributed by atoms with E-state index in [2.05, 4.69) is 13.5 Å². The fourth-order valence-electron chi connectivity index (χ4n) is 2.03. The lowest BCUT2D eigenvalue weighted by Crippen LogP contribution is -2.48. The Morgan fingerprint density at radius 1 is 1.50 bits per heavy atom. The van der Waals surface area contributed by atoms with Crippen molar-refractivity contribution < 1.29 is 13.2 Å². The van der Waals surface area contributed by atoms with Gasteiger partial charge in [0.05, 0.1) is 24.4 Å². The first kappa shape index (κ1) is 11.6. The van der Waals surface area contributed by atoms with E-state index in [9.17, 15) is 8.42 Å². The van der Waals surface area contributed by atoms with Crippen LogP contribution in [0.2, 0.25) is 0 Å². The molecule has 0 amide bonds. The molecule has 0 saturated carbocycles. The van der Waals surface area contributed by atoms with Crippen LogP contribution in [-0.4, -0.2) is 26.5 Å². The van der Waals surface area contributed by atoms with Gasteiger partial charge in [0.15, 0.2) is 9.84 Å². The predicted octanol–water partition coefficient (Wildman–Crippen LogP) is 1.75. The summed E-state index contributed by atoms with van der Waals surface area (Å²) < 4.78 is 27.2. The fraction of sp³-hybridized carbons (Fsp3) is 0.800. The largest absolute Gasteiger partial charge is 0.502 e. The first-order valence-electron chi connectivity index (χ1n) is 4.96. The second-order valence-corrected chi connectivity index (χ2v) is 6.09. The van der Waals surface area contributed by atoms with Gasteiger partial charge in [0.2, 0.25) is 0 Å². The molecule has 0 aromatic heterocycles. The zero-order valence-electron chi connectivity index (χ0n) is 8.66. The molecule has 3 nitrogen and oxygen atoms in total. The summed E-state index contributed by atoms with van der Waals surface area (Å²) in [5.74, 6) is 0.731. The van der Waals surface area contributed by atoms with E-state index in [1.165, 1.54) is 6.26 Å². The maximum atomic E-state index is 11.1. The van der Waals surface area contributed by atoms with Gasteiger partial charge in [0, 0.05) is 0 Å². The smallest absolute Gasteiger partial charge is 0.151 e. The zero-order valence-corrected chi connectivity index (χ0v) is 9.48. The number of sulfone groups is 1. The summed E-state index contributed by atoms with van der Waals surface area (Å²) in [6.45, 7) is 6.16. The highest BCUT2D eigenvalue weighted by atomic mass is 32.2. The van der Waals surface area contributed by atoms with Crippen LogP contribution in [0.5, 0.6) is 0 Å². The highest BCUT2D eigenvalue weighted by molar-refractivity contribution is 7.92. The van der Waals surface area contributed by atoms with E-state index in [4.69, 9.17) is 4.74 Å². The van der Waals surface area contributed by atoms with E-state index in [0.717, 1.165) is 19.3 Å². The van der Waals surface area contributed by atoms with Crippen LogP contribution in [0.4, 0.5) is 0 Å². The van der Waals surface area contributed by atoms with E-state index in [-0.39, 0.29) is 5.41 Å². The minimum Gasteiger partial charge on any atom is -0.502 e. The summed E-state index contributed by atoms with van der Waals surface area (Å²) in [5.41, 5.74) is 0.0450. The predicted molar refractivity (Wildman–Crippen MR) is 56.8 cm³/mol. The van der Waals surface area contributed by atoms with Gasteiger partial charge in [-0.3, -0.25) is 0 Å². The lowest BCUT2D eigenvalue weighted by Gasteiger charge is -2.40. The van der Waals surface area contributed by atoms with Gasteiger partial charge in [-0.1, -0.05) is 13.5 Å². The van der Waals surface area contributed by atoms with Crippen LogP contribution < -0.4 is 0 Å². The molecule has 1 aliphatic rings. The van der Waals surface area contributed by atoms with Crippen molar-refractivity contribution in [1.82, 2.24) is 0 Å². The molecule has 0 spiro atoms. The van der Waals surface area contributed by atoms with E-state index in [1.54, 1.807) is 0 Å². The van der Waals surface area contributed by atoms with Crippen molar-refractivity contribution in [2.24, 2.45) is 5.41 Å². The molecule has 0 N–H and O–H groups in total. The van der Waals surface area contributed by atoms with Gasteiger partial charge in [-0.15, -0.1) is 0 Å². The zero-order chi connectivity index (χ0) is 10.7. The molecule has 14 heavy (non-hydrogen) atoms. The molecule has 4 heteroatoms. The van der Waals surface area contributed by atoms with Gasteiger partial charge in [0.1, 0.15) is 0 Å². The number of ether oxygens (including phenoxy) is 1. The molecule has 82 valence electrons. The van der Waals surface area contributed by atoms with E-state index in [1.807, 2.05) is 0 Å². The van der Waals surface area contributed by atoms with Crippen molar-refractivity contribution in [3.63, 3.8) is 0 Å². The quantitative estimate of drug-likeness (QED) is 0.504. The van der Waals surface area contributed by atoms with Crippen LogP contribution in [0.3, 0.4) is 0 Å². The summed E-state index contributed by atoms with van der Waals surface area (Å²) in [6.07, 6.45) is 4.22. The maximum Gasteiger partial charge on any atom is 0.151 e. The second-order valence-electron chi connectivity index (χ2n) is 4.03. The lowest BCUT2D eigenvalue weighted by molar-refractivity contribution is 0.206. The Morgan fingerprint density at radius 3 is 2.57 bits per heavy atom. The molecule has 0 aromatic carbocycles. The van der Waals surface area contributed by atoms with Crippen LogP contribution >= 0.6 is 0 Å². The van der Waals surface area contributed by atoms with Crippen molar-refractivity contribution >= 4 is 9.84 Å². The highest BCUT2D eigenvalue weighted by Crippen LogP contribution is 2.40. The van der Waals surface area contributed by atoms with Gasteiger partial charge in [-0.25, -0.2) is 8.42 Å². The molecular weight excluding hydrogens is 200 g/mol. The Labute approximate surface area is 86.1 Å². The highest BCUT2D eigenvalue weighted by Gasteiger charge is 2.46. The molecule has 0 bridgehead atoms. The number of hydrogen-bond acceptors (Lipinski definition) is 3. The van der Waals surface area contributed by atoms with E-state index in [0.29, 0.717) is 18.1 Å². The summed E-state index contributed by atoms with van der Waals surface area (Å²) in [4.78, 5) is 0. The standard InChI is InChI=1S/C10H18O3S/c1-3-10(6-5-7-13-4-2)8-14(11,12)9-10/h4H,2-3,5-9H2,1H3. The maximum absolute atomic E-state index is 11.1. The van der Waals surface area contributed by atoms with Gasteiger partial charge in [-0.05, 0) is 24.7 Å². The van der Waals surface area contributed by atoms with Crippen molar-refractivity contribution in [1.29, 1.82) is 0 Å². The third kappa shape index (κ3) is 2.74. The minimum atomic E-state index is -2.70. The normalized spacial score (nSPS) is 22.4. The molecule has 0 aliphatic carbocycles. The van der Waals surface area contributed by atoms with Crippen molar-refractivity contribution in [3.8, 4) is 0 Å². The Bertz CT molecular complexity index is 280. The first-order valence-corrected chi connectivity index (χ1v) is 6.79. The summed E-state index contributed by atoms with van der Waals surface area (Å²) in [7, 11) is -2.70. The van der Waals surface area contributed by atoms with E-state index < -0.39 is 9.84 Å². The molecule has 1 heterocycles. The molecule has 0 atom stereocenters. The lowest BCUT2D eigenvalue weighted by atomic mass is 9.84. The van der Waals surface area contributed by atoms with Crippen LogP contribution in [0, 0.1) is 5.41 Å². The molecule has 1 fully saturated rings. The number of rotatable bonds is 6. The summed E-state index contributed by atoms with van der Waals surface area (Å²) in [6, 6.07) is 0. The van der Waals surface area contributed by atoms with Gasteiger partial charge < -0.3 is 4.74 Å². The molecule has 0 unspecified atom stereocenters. The van der Waals surface area contributed by atoms with Gasteiger partial charge >= 0.3 is 0 Å². The number of hydrogen-bond donors (Lipinski definition) is 0. The monoisotopic (exact) mass is 218 g/mol. The van der Waals surface area contributed by atoms with Crippen LogP contribution in [0.25, 0.3) is 0 Å². The first-order chi connectivity index (χ1) is 6.54. The molecule has 1 rings (SSSR count). The molecule has 1 saturated heterocycles. The molecule has 0 radical (unpaired) electrons. The van der Waals surface area contributed by atoms with Crippen LogP contribution in [-0.2, 0) is 14.6 Å². The Balaban J connectivity index is 2.31. The summed E-state index contributed by atoms with van der Waals surface area (Å²) in [5, 5.41) is 0. The second kappa shape index (κ2) is 4.34. The molecule has 0 aromatic rings. The van der Waals surface area contributed by atoms with Crippen molar-refractivity contribution in [3.05, 3.63) is 12.8 Å². The average molecular weight is 218 g/mol.